The fourth-order valence-corrected chi connectivity index (χ4v) is 2.14. The molecule has 0 bridgehead atoms. The first-order valence-electron chi connectivity index (χ1n) is 6.92. The van der Waals surface area contributed by atoms with Crippen molar-refractivity contribution in [3.63, 3.8) is 0 Å². The molecule has 1 atom stereocenters. The standard InChI is InChI=1S/C17H15FO5/c18-13-2-1-3-14(10-13)23-9-8-15(17(21)22)11-4-6-12(7-5-11)16(19)20/h1-7,10,15H,8-9H2,(H,19,20)(H,21,22). The SMILES string of the molecule is O=C(O)c1ccc(C(CCOc2cccc(F)c2)C(=O)O)cc1. The van der Waals surface area contributed by atoms with Gasteiger partial charge in [-0.25, -0.2) is 9.18 Å². The maximum Gasteiger partial charge on any atom is 0.335 e. The molecule has 0 saturated carbocycles. The van der Waals surface area contributed by atoms with Crippen LogP contribution in [0.2, 0.25) is 0 Å². The van der Waals surface area contributed by atoms with E-state index in [1.165, 1.54) is 42.5 Å². The van der Waals surface area contributed by atoms with Crippen LogP contribution in [0.3, 0.4) is 0 Å². The Morgan fingerprint density at radius 1 is 1.09 bits per heavy atom. The second kappa shape index (κ2) is 7.40. The van der Waals surface area contributed by atoms with Gasteiger partial charge in [0.05, 0.1) is 18.1 Å². The highest BCUT2D eigenvalue weighted by Gasteiger charge is 2.20. The van der Waals surface area contributed by atoms with Crippen LogP contribution in [0.5, 0.6) is 5.75 Å². The molecule has 0 aliphatic heterocycles. The molecule has 2 N–H and O–H groups in total. The number of carbonyl (C=O) groups is 2. The third-order valence-electron chi connectivity index (χ3n) is 3.33. The molecule has 0 heterocycles. The van der Waals surface area contributed by atoms with Crippen molar-refractivity contribution in [2.24, 2.45) is 0 Å². The quantitative estimate of drug-likeness (QED) is 0.819. The summed E-state index contributed by atoms with van der Waals surface area (Å²) in [5, 5.41) is 18.2. The molecule has 5 nitrogen and oxygen atoms in total. The molecule has 0 aliphatic rings. The minimum absolute atomic E-state index is 0.0916. The van der Waals surface area contributed by atoms with Crippen LogP contribution in [0, 0.1) is 5.82 Å². The Balaban J connectivity index is 2.01. The van der Waals surface area contributed by atoms with Gasteiger partial charge in [0.15, 0.2) is 0 Å². The fraction of sp³-hybridized carbons (Fsp3) is 0.176. The number of benzene rings is 2. The Morgan fingerprint density at radius 3 is 2.35 bits per heavy atom. The number of halogens is 1. The van der Waals surface area contributed by atoms with Gasteiger partial charge < -0.3 is 14.9 Å². The highest BCUT2D eigenvalue weighted by molar-refractivity contribution is 5.87. The number of rotatable bonds is 7. The van der Waals surface area contributed by atoms with Crippen LogP contribution < -0.4 is 4.74 Å². The van der Waals surface area contributed by atoms with Crippen LogP contribution in [-0.2, 0) is 4.79 Å². The number of carboxylic acids is 2. The van der Waals surface area contributed by atoms with E-state index >= 15 is 0 Å². The first kappa shape index (κ1) is 16.5. The molecule has 0 amide bonds. The second-order valence-corrected chi connectivity index (χ2v) is 4.91. The summed E-state index contributed by atoms with van der Waals surface area (Å²) in [6.07, 6.45) is 0.179. The largest absolute Gasteiger partial charge is 0.493 e. The molecular formula is C17H15FO5. The van der Waals surface area contributed by atoms with Crippen molar-refractivity contribution in [1.29, 1.82) is 0 Å². The zero-order valence-electron chi connectivity index (χ0n) is 12.1. The first-order valence-corrected chi connectivity index (χ1v) is 6.92. The van der Waals surface area contributed by atoms with Gasteiger partial charge in [0, 0.05) is 6.07 Å². The van der Waals surface area contributed by atoms with Crippen molar-refractivity contribution in [2.75, 3.05) is 6.61 Å². The van der Waals surface area contributed by atoms with Gasteiger partial charge >= 0.3 is 11.9 Å². The lowest BCUT2D eigenvalue weighted by atomic mass is 9.95. The number of aromatic carboxylic acids is 1. The number of ether oxygens (including phenoxy) is 1. The Hall–Kier alpha value is -2.89. The summed E-state index contributed by atoms with van der Waals surface area (Å²) >= 11 is 0. The summed E-state index contributed by atoms with van der Waals surface area (Å²) in [6.45, 7) is 0.0983. The lowest BCUT2D eigenvalue weighted by molar-refractivity contribution is -0.139. The normalized spacial score (nSPS) is 11.7. The van der Waals surface area contributed by atoms with Crippen molar-refractivity contribution in [1.82, 2.24) is 0 Å². The molecule has 0 spiro atoms. The van der Waals surface area contributed by atoms with Crippen LogP contribution in [0.1, 0.15) is 28.3 Å². The molecule has 0 radical (unpaired) electrons. The van der Waals surface area contributed by atoms with Crippen molar-refractivity contribution in [3.05, 3.63) is 65.5 Å². The molecule has 0 aromatic heterocycles. The van der Waals surface area contributed by atoms with Gasteiger partial charge in [-0.05, 0) is 36.2 Å². The van der Waals surface area contributed by atoms with Crippen LogP contribution in [0.15, 0.2) is 48.5 Å². The summed E-state index contributed by atoms with van der Waals surface area (Å²) in [5.74, 6) is -3.03. The number of hydrogen-bond donors (Lipinski definition) is 2. The van der Waals surface area contributed by atoms with E-state index in [1.807, 2.05) is 0 Å². The molecule has 2 rings (SSSR count). The van der Waals surface area contributed by atoms with Gasteiger partial charge in [0.1, 0.15) is 11.6 Å². The molecule has 0 aliphatic carbocycles. The maximum absolute atomic E-state index is 13.0. The lowest BCUT2D eigenvalue weighted by Gasteiger charge is -2.14. The minimum atomic E-state index is -1.07. The first-order chi connectivity index (χ1) is 11.0. The number of aliphatic carboxylic acids is 1. The second-order valence-electron chi connectivity index (χ2n) is 4.91. The van der Waals surface area contributed by atoms with E-state index in [4.69, 9.17) is 9.84 Å². The minimum Gasteiger partial charge on any atom is -0.493 e. The highest BCUT2D eigenvalue weighted by atomic mass is 19.1. The van der Waals surface area contributed by atoms with E-state index in [0.717, 1.165) is 0 Å². The van der Waals surface area contributed by atoms with Crippen molar-refractivity contribution < 1.29 is 28.9 Å². The van der Waals surface area contributed by atoms with Crippen LogP contribution in [-0.4, -0.2) is 28.8 Å². The van der Waals surface area contributed by atoms with Gasteiger partial charge in [0.25, 0.3) is 0 Å². The Kier molecular flexibility index (Phi) is 5.30. The topological polar surface area (TPSA) is 83.8 Å². The average Bonchev–Trinajstić information content (AvgIpc) is 2.51. The lowest BCUT2D eigenvalue weighted by Crippen LogP contribution is -2.15. The third kappa shape index (κ3) is 4.54. The Labute approximate surface area is 132 Å². The fourth-order valence-electron chi connectivity index (χ4n) is 2.14. The van der Waals surface area contributed by atoms with Gasteiger partial charge in [0.2, 0.25) is 0 Å². The zero-order valence-corrected chi connectivity index (χ0v) is 12.1. The Bertz CT molecular complexity index is 696. The van der Waals surface area contributed by atoms with Crippen molar-refractivity contribution in [2.45, 2.75) is 12.3 Å². The molecular weight excluding hydrogens is 303 g/mol. The Morgan fingerprint density at radius 2 is 1.78 bits per heavy atom. The van der Waals surface area contributed by atoms with Gasteiger partial charge in [-0.2, -0.15) is 0 Å². The number of carboxylic acid groups (broad SMARTS) is 2. The molecule has 1 unspecified atom stereocenters. The van der Waals surface area contributed by atoms with E-state index in [2.05, 4.69) is 0 Å². The highest BCUT2D eigenvalue weighted by Crippen LogP contribution is 2.22. The molecule has 2 aromatic rings. The molecule has 6 heteroatoms. The maximum atomic E-state index is 13.0. The molecule has 120 valence electrons. The smallest absolute Gasteiger partial charge is 0.335 e. The predicted molar refractivity (Wildman–Crippen MR) is 80.3 cm³/mol. The number of hydrogen-bond acceptors (Lipinski definition) is 3. The molecule has 0 saturated heterocycles. The van der Waals surface area contributed by atoms with Crippen LogP contribution in [0.4, 0.5) is 4.39 Å². The van der Waals surface area contributed by atoms with E-state index < -0.39 is 23.7 Å². The monoisotopic (exact) mass is 318 g/mol. The van der Waals surface area contributed by atoms with E-state index in [0.29, 0.717) is 11.3 Å². The van der Waals surface area contributed by atoms with Crippen molar-refractivity contribution in [3.8, 4) is 5.75 Å². The predicted octanol–water partition coefficient (Wildman–Crippen LogP) is 3.16. The van der Waals surface area contributed by atoms with Crippen LogP contribution in [0.25, 0.3) is 0 Å². The van der Waals surface area contributed by atoms with Gasteiger partial charge in [-0.15, -0.1) is 0 Å². The van der Waals surface area contributed by atoms with Gasteiger partial charge in [-0.1, -0.05) is 18.2 Å². The summed E-state index contributed by atoms with van der Waals surface area (Å²) in [4.78, 5) is 22.2. The summed E-state index contributed by atoms with van der Waals surface area (Å²) in [7, 11) is 0. The summed E-state index contributed by atoms with van der Waals surface area (Å²) in [6, 6.07) is 11.3. The summed E-state index contributed by atoms with van der Waals surface area (Å²) in [5.41, 5.74) is 0.583. The van der Waals surface area contributed by atoms with Crippen molar-refractivity contribution >= 4 is 11.9 Å². The molecule has 0 fully saturated rings. The zero-order chi connectivity index (χ0) is 16.8. The molecule has 23 heavy (non-hydrogen) atoms. The average molecular weight is 318 g/mol. The van der Waals surface area contributed by atoms with E-state index in [1.54, 1.807) is 6.07 Å². The summed E-state index contributed by atoms with van der Waals surface area (Å²) < 4.78 is 18.4. The van der Waals surface area contributed by atoms with E-state index in [9.17, 15) is 19.1 Å². The molecule has 2 aromatic carbocycles. The third-order valence-corrected chi connectivity index (χ3v) is 3.33. The van der Waals surface area contributed by atoms with E-state index in [-0.39, 0.29) is 18.6 Å². The van der Waals surface area contributed by atoms with Gasteiger partial charge in [-0.3, -0.25) is 4.79 Å². The van der Waals surface area contributed by atoms with Crippen LogP contribution >= 0.6 is 0 Å².